The maximum atomic E-state index is 5.55. The number of rotatable bonds is 3. The van der Waals surface area contributed by atoms with Crippen LogP contribution in [0.3, 0.4) is 0 Å². The zero-order chi connectivity index (χ0) is 12.5. The molecule has 0 amide bonds. The Balaban J connectivity index is 0.00000133. The van der Waals surface area contributed by atoms with E-state index in [9.17, 15) is 0 Å². The number of benzene rings is 1. The number of nitrogens with zero attached hydrogens (tertiary/aromatic N) is 3. The largest absolute Gasteiger partial charge is 0.497 e. The van der Waals surface area contributed by atoms with Gasteiger partial charge in [0.1, 0.15) is 10.8 Å². The first-order valence-electron chi connectivity index (χ1n) is 5.50. The third kappa shape index (κ3) is 2.56. The topological polar surface area (TPSA) is 65.4 Å². The summed E-state index contributed by atoms with van der Waals surface area (Å²) in [5.41, 5.74) is 7.49. The van der Waals surface area contributed by atoms with Crippen LogP contribution in [-0.2, 0) is 6.54 Å². The maximum absolute atomic E-state index is 5.55. The van der Waals surface area contributed by atoms with Crippen molar-refractivity contribution in [1.29, 1.82) is 0 Å². The van der Waals surface area contributed by atoms with E-state index in [0.29, 0.717) is 6.54 Å². The zero-order valence-corrected chi connectivity index (χ0v) is 11.9. The minimum atomic E-state index is 0. The standard InChI is InChI=1S/C12H12N4OS.ClH/c1-17-9-4-2-8(3-5-9)10-7-16-12(14-10)18-11(6-13)15-16;/h2-5,7H,6,13H2,1H3;1H. The van der Waals surface area contributed by atoms with E-state index in [4.69, 9.17) is 10.5 Å². The Hall–Kier alpha value is -1.63. The fraction of sp³-hybridized carbons (Fsp3) is 0.167. The molecule has 0 aliphatic heterocycles. The highest BCUT2D eigenvalue weighted by atomic mass is 35.5. The smallest absolute Gasteiger partial charge is 0.212 e. The van der Waals surface area contributed by atoms with Crippen LogP contribution in [0.4, 0.5) is 0 Å². The van der Waals surface area contributed by atoms with Crippen molar-refractivity contribution >= 4 is 28.7 Å². The van der Waals surface area contributed by atoms with E-state index in [1.165, 1.54) is 11.3 Å². The summed E-state index contributed by atoms with van der Waals surface area (Å²) in [6.45, 7) is 0.450. The van der Waals surface area contributed by atoms with Crippen molar-refractivity contribution in [1.82, 2.24) is 14.6 Å². The van der Waals surface area contributed by atoms with Crippen molar-refractivity contribution in [3.05, 3.63) is 35.5 Å². The molecule has 1 aromatic carbocycles. The first-order chi connectivity index (χ1) is 8.80. The van der Waals surface area contributed by atoms with Gasteiger partial charge in [-0.1, -0.05) is 11.3 Å². The van der Waals surface area contributed by atoms with Crippen LogP contribution in [0.1, 0.15) is 5.01 Å². The second-order valence-electron chi connectivity index (χ2n) is 3.78. The van der Waals surface area contributed by atoms with Gasteiger partial charge in [-0.25, -0.2) is 9.50 Å². The van der Waals surface area contributed by atoms with Crippen molar-refractivity contribution in [2.24, 2.45) is 5.73 Å². The molecule has 5 nitrogen and oxygen atoms in total. The summed E-state index contributed by atoms with van der Waals surface area (Å²) in [6, 6.07) is 7.80. The van der Waals surface area contributed by atoms with Crippen molar-refractivity contribution in [2.45, 2.75) is 6.54 Å². The van der Waals surface area contributed by atoms with E-state index < -0.39 is 0 Å². The SMILES string of the molecule is COc1ccc(-c2cn3nc(CN)sc3n2)cc1.Cl. The minimum absolute atomic E-state index is 0. The molecule has 2 aromatic heterocycles. The van der Waals surface area contributed by atoms with Gasteiger partial charge in [-0.05, 0) is 24.3 Å². The third-order valence-electron chi connectivity index (χ3n) is 2.65. The Morgan fingerprint density at radius 2 is 2.05 bits per heavy atom. The predicted molar refractivity (Wildman–Crippen MR) is 78.0 cm³/mol. The van der Waals surface area contributed by atoms with Gasteiger partial charge in [0, 0.05) is 12.1 Å². The molecule has 7 heteroatoms. The Labute approximate surface area is 120 Å². The molecule has 19 heavy (non-hydrogen) atoms. The number of halogens is 1. The van der Waals surface area contributed by atoms with Crippen LogP contribution in [0.2, 0.25) is 0 Å². The molecule has 0 aliphatic carbocycles. The summed E-state index contributed by atoms with van der Waals surface area (Å²) in [6.07, 6.45) is 1.91. The first kappa shape index (κ1) is 13.8. The average Bonchev–Trinajstić information content (AvgIpc) is 2.96. The second-order valence-corrected chi connectivity index (χ2v) is 4.82. The van der Waals surface area contributed by atoms with Crippen molar-refractivity contribution < 1.29 is 4.74 Å². The third-order valence-corrected chi connectivity index (χ3v) is 3.59. The van der Waals surface area contributed by atoms with Gasteiger partial charge in [-0.3, -0.25) is 0 Å². The summed E-state index contributed by atoms with van der Waals surface area (Å²) in [4.78, 5) is 5.39. The molecule has 3 rings (SSSR count). The maximum Gasteiger partial charge on any atom is 0.212 e. The molecule has 2 N–H and O–H groups in total. The molecule has 0 saturated heterocycles. The van der Waals surface area contributed by atoms with Crippen LogP contribution in [0.25, 0.3) is 16.2 Å². The van der Waals surface area contributed by atoms with Crippen LogP contribution < -0.4 is 10.5 Å². The van der Waals surface area contributed by atoms with Crippen molar-refractivity contribution in [2.75, 3.05) is 7.11 Å². The monoisotopic (exact) mass is 296 g/mol. The van der Waals surface area contributed by atoms with Gasteiger partial charge in [-0.15, -0.1) is 12.4 Å². The van der Waals surface area contributed by atoms with E-state index >= 15 is 0 Å². The average molecular weight is 297 g/mol. The van der Waals surface area contributed by atoms with E-state index in [2.05, 4.69) is 10.1 Å². The Bertz CT molecular complexity index is 645. The predicted octanol–water partition coefficient (Wildman–Crippen LogP) is 2.35. The molecule has 0 aliphatic rings. The quantitative estimate of drug-likeness (QED) is 0.806. The van der Waals surface area contributed by atoms with Crippen LogP contribution in [0.5, 0.6) is 5.75 Å². The highest BCUT2D eigenvalue weighted by Gasteiger charge is 2.08. The fourth-order valence-corrected chi connectivity index (χ4v) is 2.48. The number of fused-ring (bicyclic) bond motifs is 1. The molecule has 0 spiro atoms. The fourth-order valence-electron chi connectivity index (χ4n) is 1.72. The molecule has 0 atom stereocenters. The molecule has 0 saturated carbocycles. The number of aromatic nitrogens is 3. The van der Waals surface area contributed by atoms with Crippen LogP contribution in [0.15, 0.2) is 30.5 Å². The zero-order valence-electron chi connectivity index (χ0n) is 10.2. The van der Waals surface area contributed by atoms with Crippen molar-refractivity contribution in [3.63, 3.8) is 0 Å². The van der Waals surface area contributed by atoms with E-state index in [0.717, 1.165) is 27.0 Å². The van der Waals surface area contributed by atoms with Gasteiger partial charge in [-0.2, -0.15) is 5.10 Å². The number of nitrogens with two attached hydrogens (primary N) is 1. The summed E-state index contributed by atoms with van der Waals surface area (Å²) >= 11 is 1.51. The highest BCUT2D eigenvalue weighted by molar-refractivity contribution is 7.16. The van der Waals surface area contributed by atoms with Gasteiger partial charge in [0.05, 0.1) is 19.0 Å². The minimum Gasteiger partial charge on any atom is -0.497 e. The number of hydrogen-bond acceptors (Lipinski definition) is 5. The first-order valence-corrected chi connectivity index (χ1v) is 6.31. The van der Waals surface area contributed by atoms with E-state index in [1.807, 2.05) is 30.5 Å². The van der Waals surface area contributed by atoms with Gasteiger partial charge < -0.3 is 10.5 Å². The number of imidazole rings is 1. The molecule has 3 aromatic rings. The second kappa shape index (κ2) is 5.56. The number of methoxy groups -OCH3 is 1. The van der Waals surface area contributed by atoms with Gasteiger partial charge in [0.2, 0.25) is 4.96 Å². The van der Waals surface area contributed by atoms with Gasteiger partial charge >= 0.3 is 0 Å². The van der Waals surface area contributed by atoms with Gasteiger partial charge in [0.25, 0.3) is 0 Å². The summed E-state index contributed by atoms with van der Waals surface area (Å²) in [5, 5.41) is 5.22. The molecule has 100 valence electrons. The summed E-state index contributed by atoms with van der Waals surface area (Å²) in [7, 11) is 1.65. The highest BCUT2D eigenvalue weighted by Crippen LogP contribution is 2.23. The molecule has 0 fully saturated rings. The number of ether oxygens (including phenoxy) is 1. The molecule has 0 radical (unpaired) electrons. The molecule has 2 heterocycles. The lowest BCUT2D eigenvalue weighted by Crippen LogP contribution is -1.95. The van der Waals surface area contributed by atoms with Crippen LogP contribution >= 0.6 is 23.7 Å². The lowest BCUT2D eigenvalue weighted by atomic mass is 10.2. The number of hydrogen-bond donors (Lipinski definition) is 1. The Morgan fingerprint density at radius 1 is 1.32 bits per heavy atom. The van der Waals surface area contributed by atoms with Crippen LogP contribution in [0, 0.1) is 0 Å². The molecular weight excluding hydrogens is 284 g/mol. The normalized spacial score (nSPS) is 10.4. The molecule has 0 unspecified atom stereocenters. The lowest BCUT2D eigenvalue weighted by molar-refractivity contribution is 0.415. The van der Waals surface area contributed by atoms with E-state index in [-0.39, 0.29) is 12.4 Å². The van der Waals surface area contributed by atoms with Crippen LogP contribution in [-0.4, -0.2) is 21.7 Å². The molecular formula is C12H13ClN4OS. The van der Waals surface area contributed by atoms with E-state index in [1.54, 1.807) is 11.6 Å². The Kier molecular flexibility index (Phi) is 4.04. The van der Waals surface area contributed by atoms with Crippen molar-refractivity contribution in [3.8, 4) is 17.0 Å². The summed E-state index contributed by atoms with van der Waals surface area (Å²) < 4.78 is 6.90. The molecule has 0 bridgehead atoms. The lowest BCUT2D eigenvalue weighted by Gasteiger charge is -2.00. The Morgan fingerprint density at radius 3 is 2.63 bits per heavy atom. The summed E-state index contributed by atoms with van der Waals surface area (Å²) in [5.74, 6) is 0.836. The van der Waals surface area contributed by atoms with Gasteiger partial charge in [0.15, 0.2) is 0 Å².